The molecule has 0 radical (unpaired) electrons. The lowest BCUT2D eigenvalue weighted by molar-refractivity contribution is -0.124. The van der Waals surface area contributed by atoms with E-state index in [4.69, 9.17) is 41.0 Å². The van der Waals surface area contributed by atoms with Gasteiger partial charge in [-0.15, -0.1) is 11.6 Å². The first-order chi connectivity index (χ1) is 25.4. The summed E-state index contributed by atoms with van der Waals surface area (Å²) in [6, 6.07) is 5.14. The van der Waals surface area contributed by atoms with Crippen molar-refractivity contribution in [2.45, 2.75) is 70.4 Å². The van der Waals surface area contributed by atoms with Gasteiger partial charge in [0.25, 0.3) is 11.5 Å². The Kier molecular flexibility index (Phi) is 18.5. The van der Waals surface area contributed by atoms with Crippen LogP contribution in [0, 0.1) is 5.82 Å². The molecule has 3 heterocycles. The Balaban J connectivity index is 1.12. The van der Waals surface area contributed by atoms with Crippen molar-refractivity contribution in [1.82, 2.24) is 24.4 Å². The van der Waals surface area contributed by atoms with Crippen LogP contribution in [0.25, 0.3) is 11.2 Å². The molecule has 2 aromatic heterocycles. The van der Waals surface area contributed by atoms with Crippen LogP contribution in [0.3, 0.4) is 0 Å². The van der Waals surface area contributed by atoms with Crippen molar-refractivity contribution in [3.05, 3.63) is 51.8 Å². The number of ketones is 1. The number of H-pyrrole nitrogens is 1. The normalized spacial score (nSPS) is 14.7. The van der Waals surface area contributed by atoms with Crippen LogP contribution in [0.4, 0.5) is 10.3 Å². The van der Waals surface area contributed by atoms with Crippen molar-refractivity contribution >= 4 is 40.4 Å². The predicted molar refractivity (Wildman–Crippen MR) is 194 cm³/mol. The summed E-state index contributed by atoms with van der Waals surface area (Å²) in [7, 11) is 0. The van der Waals surface area contributed by atoms with E-state index in [1.807, 2.05) is 0 Å². The molecule has 288 valence electrons. The number of ether oxygens (including phenoxy) is 5. The number of piperidine rings is 1. The third kappa shape index (κ3) is 13.5. The van der Waals surface area contributed by atoms with E-state index in [0.717, 1.165) is 51.0 Å². The van der Waals surface area contributed by atoms with Crippen molar-refractivity contribution in [3.63, 3.8) is 0 Å². The van der Waals surface area contributed by atoms with Gasteiger partial charge in [0.05, 0.1) is 65.4 Å². The average molecular weight is 751 g/mol. The van der Waals surface area contributed by atoms with Crippen LogP contribution in [0.15, 0.2) is 29.1 Å². The summed E-state index contributed by atoms with van der Waals surface area (Å²) in [5, 5.41) is 0. The largest absolute Gasteiger partial charge is 0.379 e. The van der Waals surface area contributed by atoms with Crippen LogP contribution in [0.2, 0.25) is 0 Å². The topological polar surface area (TPSA) is 173 Å². The average Bonchev–Trinajstić information content (AvgIpc) is 3.50. The van der Waals surface area contributed by atoms with Crippen molar-refractivity contribution < 1.29 is 37.7 Å². The van der Waals surface area contributed by atoms with Gasteiger partial charge in [0.15, 0.2) is 16.9 Å². The maximum atomic E-state index is 14.0. The number of amides is 1. The van der Waals surface area contributed by atoms with Crippen molar-refractivity contribution in [2.75, 3.05) is 84.2 Å². The summed E-state index contributed by atoms with van der Waals surface area (Å²) in [6.45, 7) is 5.39. The molecule has 4 rings (SSSR count). The summed E-state index contributed by atoms with van der Waals surface area (Å²) < 4.78 is 42.8. The van der Waals surface area contributed by atoms with E-state index >= 15 is 0 Å². The second-order valence-corrected chi connectivity index (χ2v) is 12.9. The number of fused-ring (bicyclic) bond motifs is 1. The van der Waals surface area contributed by atoms with Gasteiger partial charge < -0.3 is 34.3 Å². The third-order valence-corrected chi connectivity index (χ3v) is 8.84. The minimum absolute atomic E-state index is 0.0361. The van der Waals surface area contributed by atoms with E-state index in [1.165, 1.54) is 21.6 Å². The molecule has 1 aliphatic rings. The number of nitrogens with zero attached hydrogens (tertiary/aromatic N) is 4. The van der Waals surface area contributed by atoms with E-state index in [1.54, 1.807) is 12.1 Å². The molecule has 16 heteroatoms. The van der Waals surface area contributed by atoms with E-state index in [0.29, 0.717) is 84.4 Å². The third-order valence-electron chi connectivity index (χ3n) is 8.58. The van der Waals surface area contributed by atoms with Crippen molar-refractivity contribution in [2.24, 2.45) is 0 Å². The Labute approximate surface area is 308 Å². The van der Waals surface area contributed by atoms with Crippen LogP contribution in [0.1, 0.15) is 74.0 Å². The number of unbranched alkanes of at least 4 members (excludes halogenated alkanes) is 3. The van der Waals surface area contributed by atoms with Crippen LogP contribution in [-0.4, -0.2) is 121 Å². The maximum absolute atomic E-state index is 14.0. The monoisotopic (exact) mass is 750 g/mol. The molecule has 0 spiro atoms. The minimum Gasteiger partial charge on any atom is -0.379 e. The first kappa shape index (κ1) is 41.3. The van der Waals surface area contributed by atoms with Gasteiger partial charge in [-0.3, -0.25) is 23.9 Å². The molecule has 14 nitrogen and oxygen atoms in total. The van der Waals surface area contributed by atoms with Crippen LogP contribution in [0.5, 0.6) is 0 Å². The number of carbonyl (C=O) groups excluding carboxylic acids is 2. The number of likely N-dealkylation sites (tertiary alicyclic amines) is 1. The number of hydrogen-bond acceptors (Lipinski definition) is 11. The molecule has 1 fully saturated rings. The number of anilines is 1. The van der Waals surface area contributed by atoms with Gasteiger partial charge in [0.1, 0.15) is 5.82 Å². The SMILES string of the molecule is Nc1nc2c(nc(C(=O)N3CCCCC3C(=O)CCCOCCOCCOCCOCCOCCCCCCCl)n2Cc2ccc(F)cc2)c(=O)[nH]1. The quantitative estimate of drug-likeness (QED) is 0.0893. The Morgan fingerprint density at radius 2 is 1.42 bits per heavy atom. The molecule has 0 saturated carbocycles. The van der Waals surface area contributed by atoms with E-state index in [9.17, 15) is 18.8 Å². The zero-order valence-corrected chi connectivity index (χ0v) is 30.6. The maximum Gasteiger partial charge on any atom is 0.290 e. The number of halogens is 2. The highest BCUT2D eigenvalue weighted by Crippen LogP contribution is 2.24. The Morgan fingerprint density at radius 1 is 0.827 bits per heavy atom. The molecule has 52 heavy (non-hydrogen) atoms. The number of carbonyl (C=O) groups is 2. The molecular formula is C36H52ClFN6O8. The van der Waals surface area contributed by atoms with Crippen LogP contribution >= 0.6 is 11.6 Å². The van der Waals surface area contributed by atoms with E-state index in [-0.39, 0.29) is 41.7 Å². The smallest absolute Gasteiger partial charge is 0.290 e. The highest BCUT2D eigenvalue weighted by atomic mass is 35.5. The molecule has 1 aromatic carbocycles. The molecule has 1 saturated heterocycles. The predicted octanol–water partition coefficient (Wildman–Crippen LogP) is 4.12. The molecule has 1 aliphatic heterocycles. The zero-order valence-electron chi connectivity index (χ0n) is 29.8. The van der Waals surface area contributed by atoms with Gasteiger partial charge in [0.2, 0.25) is 11.8 Å². The van der Waals surface area contributed by atoms with Crippen molar-refractivity contribution in [3.8, 4) is 0 Å². The standard InChI is InChI=1S/C36H52ClFN6O8/c37-14-4-1-2-6-16-48-18-20-50-22-24-52-25-23-51-21-19-49-17-7-9-30(45)29-8-3-5-15-43(29)35(47)33-40-31-32(41-36(39)42-34(31)46)44(33)26-27-10-12-28(38)13-11-27/h10-13,29H,1-9,14-26H2,(H3,39,41,42,46). The zero-order chi connectivity index (χ0) is 37.0. The first-order valence-electron chi connectivity index (χ1n) is 18.2. The summed E-state index contributed by atoms with van der Waals surface area (Å²) in [4.78, 5) is 52.6. The summed E-state index contributed by atoms with van der Waals surface area (Å²) in [5.41, 5.74) is 5.98. The number of nitrogen functional groups attached to an aromatic ring is 1. The lowest BCUT2D eigenvalue weighted by Gasteiger charge is -2.34. The van der Waals surface area contributed by atoms with E-state index < -0.39 is 23.3 Å². The van der Waals surface area contributed by atoms with E-state index in [2.05, 4.69) is 15.0 Å². The number of rotatable bonds is 26. The fraction of sp³-hybridized carbons (Fsp3) is 0.639. The Morgan fingerprint density at radius 3 is 2.06 bits per heavy atom. The Bertz CT molecular complexity index is 1570. The number of aromatic amines is 1. The molecule has 0 bridgehead atoms. The highest BCUT2D eigenvalue weighted by Gasteiger charge is 2.35. The number of aromatic nitrogens is 4. The summed E-state index contributed by atoms with van der Waals surface area (Å²) in [5.74, 6) is -0.382. The summed E-state index contributed by atoms with van der Waals surface area (Å²) >= 11 is 5.67. The number of nitrogens with two attached hydrogens (primary N) is 1. The molecule has 1 amide bonds. The second-order valence-electron chi connectivity index (χ2n) is 12.5. The van der Waals surface area contributed by atoms with Crippen molar-refractivity contribution in [1.29, 1.82) is 0 Å². The fourth-order valence-electron chi connectivity index (χ4n) is 5.90. The summed E-state index contributed by atoms with van der Waals surface area (Å²) in [6.07, 6.45) is 7.20. The number of Topliss-reactive ketones (excluding diaryl/α,β-unsaturated/α-hetero) is 1. The molecule has 1 atom stereocenters. The molecule has 0 aliphatic carbocycles. The molecular weight excluding hydrogens is 699 g/mol. The van der Waals surface area contributed by atoms with Gasteiger partial charge in [-0.05, 0) is 56.2 Å². The molecule has 1 unspecified atom stereocenters. The minimum atomic E-state index is -0.625. The second kappa shape index (κ2) is 23.2. The van der Waals surface area contributed by atoms with Gasteiger partial charge in [-0.2, -0.15) is 4.98 Å². The number of nitrogens with one attached hydrogen (secondary N) is 1. The first-order valence-corrected chi connectivity index (χ1v) is 18.7. The lowest BCUT2D eigenvalue weighted by atomic mass is 9.96. The van der Waals surface area contributed by atoms with Gasteiger partial charge in [0, 0.05) is 32.1 Å². The van der Waals surface area contributed by atoms with Crippen LogP contribution in [-0.2, 0) is 35.0 Å². The highest BCUT2D eigenvalue weighted by molar-refractivity contribution is 6.17. The molecule has 3 aromatic rings. The lowest BCUT2D eigenvalue weighted by Crippen LogP contribution is -2.48. The van der Waals surface area contributed by atoms with Gasteiger partial charge in [-0.25, -0.2) is 9.37 Å². The number of alkyl halides is 1. The van der Waals surface area contributed by atoms with Gasteiger partial charge in [-0.1, -0.05) is 25.0 Å². The Hall–Kier alpha value is -3.47. The number of hydrogen-bond donors (Lipinski definition) is 2. The van der Waals surface area contributed by atoms with Crippen LogP contribution < -0.4 is 11.3 Å². The molecule has 3 N–H and O–H groups in total. The number of benzene rings is 1. The fourth-order valence-corrected chi connectivity index (χ4v) is 6.09. The number of imidazole rings is 1. The van der Waals surface area contributed by atoms with Gasteiger partial charge >= 0.3 is 0 Å².